The third-order valence-electron chi connectivity index (χ3n) is 3.87. The van der Waals surface area contributed by atoms with E-state index in [1.165, 1.54) is 19.2 Å². The predicted octanol–water partition coefficient (Wildman–Crippen LogP) is 4.64. The largest absolute Gasteiger partial charge is 0.324 e. The van der Waals surface area contributed by atoms with Crippen LogP contribution in [0.1, 0.15) is 33.3 Å². The second-order valence-corrected chi connectivity index (χ2v) is 6.37. The number of hydrogen-bond acceptors (Lipinski definition) is 5. The van der Waals surface area contributed by atoms with Crippen LogP contribution in [0.25, 0.3) is 0 Å². The monoisotopic (exact) mass is 380 g/mol. The van der Waals surface area contributed by atoms with Crippen molar-refractivity contribution in [3.63, 3.8) is 0 Å². The molecule has 0 atom stereocenters. The second kappa shape index (κ2) is 7.97. The molecule has 2 N–H and O–H groups in total. The van der Waals surface area contributed by atoms with Gasteiger partial charge in [-0.2, -0.15) is 0 Å². The zero-order chi connectivity index (χ0) is 19.4. The zero-order valence-corrected chi connectivity index (χ0v) is 15.5. The molecule has 136 valence electrons. The second-order valence-electron chi connectivity index (χ2n) is 5.94. The smallest absolute Gasteiger partial charge is 0.274 e. The van der Waals surface area contributed by atoms with E-state index in [1.807, 2.05) is 6.92 Å². The summed E-state index contributed by atoms with van der Waals surface area (Å²) >= 11 is 5.94. The van der Waals surface area contributed by atoms with Gasteiger partial charge in [0.25, 0.3) is 5.91 Å². The van der Waals surface area contributed by atoms with Gasteiger partial charge in [0.05, 0.1) is 0 Å². The van der Waals surface area contributed by atoms with Gasteiger partial charge in [0, 0.05) is 28.2 Å². The zero-order valence-electron chi connectivity index (χ0n) is 14.8. The Morgan fingerprint density at radius 3 is 2.44 bits per heavy atom. The molecule has 3 aromatic rings. The molecular formula is C20H17ClN4O2. The lowest BCUT2D eigenvalue weighted by Gasteiger charge is -2.09. The number of nitrogens with one attached hydrogen (secondary N) is 2. The van der Waals surface area contributed by atoms with Crippen LogP contribution in [0.5, 0.6) is 0 Å². The summed E-state index contributed by atoms with van der Waals surface area (Å²) in [5.41, 5.74) is 3.08. The van der Waals surface area contributed by atoms with E-state index in [1.54, 1.807) is 42.5 Å². The van der Waals surface area contributed by atoms with E-state index < -0.39 is 0 Å². The van der Waals surface area contributed by atoms with E-state index in [2.05, 4.69) is 20.6 Å². The molecule has 2 aromatic carbocycles. The third-order valence-corrected chi connectivity index (χ3v) is 4.11. The van der Waals surface area contributed by atoms with Gasteiger partial charge in [0.15, 0.2) is 5.78 Å². The van der Waals surface area contributed by atoms with Crippen LogP contribution in [0.15, 0.2) is 54.7 Å². The van der Waals surface area contributed by atoms with Crippen molar-refractivity contribution in [1.29, 1.82) is 0 Å². The number of aryl methyl sites for hydroxylation is 1. The lowest BCUT2D eigenvalue weighted by molar-refractivity contribution is 0.101. The predicted molar refractivity (Wildman–Crippen MR) is 106 cm³/mol. The van der Waals surface area contributed by atoms with Crippen LogP contribution in [-0.2, 0) is 0 Å². The van der Waals surface area contributed by atoms with Gasteiger partial charge in [-0.3, -0.25) is 9.59 Å². The highest BCUT2D eigenvalue weighted by molar-refractivity contribution is 6.30. The van der Waals surface area contributed by atoms with E-state index in [4.69, 9.17) is 11.6 Å². The molecule has 1 heterocycles. The van der Waals surface area contributed by atoms with Crippen LogP contribution < -0.4 is 10.6 Å². The minimum atomic E-state index is -0.349. The third kappa shape index (κ3) is 4.68. The van der Waals surface area contributed by atoms with E-state index in [-0.39, 0.29) is 23.3 Å². The molecule has 7 heteroatoms. The number of hydrogen-bond donors (Lipinski definition) is 2. The first-order chi connectivity index (χ1) is 12.9. The van der Waals surface area contributed by atoms with Crippen molar-refractivity contribution in [1.82, 2.24) is 9.97 Å². The maximum atomic E-state index is 12.5. The molecule has 0 saturated carbocycles. The summed E-state index contributed by atoms with van der Waals surface area (Å²) in [7, 11) is 0. The number of carbonyl (C=O) groups is 2. The molecule has 0 spiro atoms. The first-order valence-corrected chi connectivity index (χ1v) is 8.59. The summed E-state index contributed by atoms with van der Waals surface area (Å²) in [6.07, 6.45) is 1.50. The Morgan fingerprint density at radius 1 is 1.04 bits per heavy atom. The van der Waals surface area contributed by atoms with Gasteiger partial charge in [0.1, 0.15) is 5.69 Å². The Morgan fingerprint density at radius 2 is 1.78 bits per heavy atom. The van der Waals surface area contributed by atoms with E-state index in [0.717, 1.165) is 5.56 Å². The average Bonchev–Trinajstić information content (AvgIpc) is 2.64. The molecule has 0 aliphatic rings. The lowest BCUT2D eigenvalue weighted by atomic mass is 10.1. The molecule has 0 fully saturated rings. The van der Waals surface area contributed by atoms with Crippen molar-refractivity contribution in [2.45, 2.75) is 13.8 Å². The number of ketones is 1. The van der Waals surface area contributed by atoms with Crippen LogP contribution in [0.3, 0.4) is 0 Å². The summed E-state index contributed by atoms with van der Waals surface area (Å²) in [4.78, 5) is 32.2. The highest BCUT2D eigenvalue weighted by Gasteiger charge is 2.11. The molecule has 0 aliphatic carbocycles. The van der Waals surface area contributed by atoms with Crippen LogP contribution in [-0.4, -0.2) is 21.7 Å². The minimum absolute atomic E-state index is 0.00559. The van der Waals surface area contributed by atoms with Gasteiger partial charge in [-0.1, -0.05) is 11.6 Å². The summed E-state index contributed by atoms with van der Waals surface area (Å²) < 4.78 is 0. The first-order valence-electron chi connectivity index (χ1n) is 8.21. The fraction of sp³-hybridized carbons (Fsp3) is 0.100. The molecule has 0 saturated heterocycles. The number of anilines is 3. The normalized spacial score (nSPS) is 10.3. The number of rotatable bonds is 5. The molecule has 6 nitrogen and oxygen atoms in total. The summed E-state index contributed by atoms with van der Waals surface area (Å²) in [6, 6.07) is 13.7. The Hall–Kier alpha value is -3.25. The number of halogens is 1. The van der Waals surface area contributed by atoms with Gasteiger partial charge in [0.2, 0.25) is 5.95 Å². The van der Waals surface area contributed by atoms with Gasteiger partial charge in [-0.15, -0.1) is 0 Å². The molecular weight excluding hydrogens is 364 g/mol. The van der Waals surface area contributed by atoms with Crippen molar-refractivity contribution in [3.05, 3.63) is 76.6 Å². The number of benzene rings is 2. The number of aromatic nitrogens is 2. The van der Waals surface area contributed by atoms with Crippen molar-refractivity contribution in [3.8, 4) is 0 Å². The molecule has 0 radical (unpaired) electrons. The van der Waals surface area contributed by atoms with Gasteiger partial charge < -0.3 is 10.6 Å². The van der Waals surface area contributed by atoms with Crippen molar-refractivity contribution in [2.75, 3.05) is 10.6 Å². The van der Waals surface area contributed by atoms with Crippen LogP contribution in [0, 0.1) is 6.92 Å². The number of carbonyl (C=O) groups excluding carboxylic acids is 2. The van der Waals surface area contributed by atoms with Crippen molar-refractivity contribution < 1.29 is 9.59 Å². The molecule has 3 rings (SSSR count). The summed E-state index contributed by atoms with van der Waals surface area (Å²) in [5.74, 6) is -0.0715. The van der Waals surface area contributed by atoms with Crippen LogP contribution in [0.2, 0.25) is 5.02 Å². The highest BCUT2D eigenvalue weighted by atomic mass is 35.5. The number of nitrogens with zero attached hydrogens (tertiary/aromatic N) is 2. The maximum absolute atomic E-state index is 12.5. The molecule has 1 amide bonds. The van der Waals surface area contributed by atoms with Gasteiger partial charge in [-0.05, 0) is 67.9 Å². The minimum Gasteiger partial charge on any atom is -0.324 e. The fourth-order valence-electron chi connectivity index (χ4n) is 2.42. The quantitative estimate of drug-likeness (QED) is 0.630. The van der Waals surface area contributed by atoms with Gasteiger partial charge >= 0.3 is 0 Å². The molecule has 1 aromatic heterocycles. The van der Waals surface area contributed by atoms with Crippen molar-refractivity contribution in [2.24, 2.45) is 0 Å². The first kappa shape index (κ1) is 18.5. The van der Waals surface area contributed by atoms with Crippen molar-refractivity contribution >= 4 is 40.6 Å². The SMILES string of the molecule is CC(=O)c1ccc(Nc2nccc(C(=O)Nc3ccc(Cl)cc3C)n2)cc1. The molecule has 27 heavy (non-hydrogen) atoms. The van der Waals surface area contributed by atoms with E-state index in [9.17, 15) is 9.59 Å². The highest BCUT2D eigenvalue weighted by Crippen LogP contribution is 2.20. The van der Waals surface area contributed by atoms with E-state index in [0.29, 0.717) is 22.0 Å². The van der Waals surface area contributed by atoms with Crippen LogP contribution in [0.4, 0.5) is 17.3 Å². The maximum Gasteiger partial charge on any atom is 0.274 e. The summed E-state index contributed by atoms with van der Waals surface area (Å²) in [5, 5.41) is 6.43. The number of Topliss-reactive ketones (excluding diaryl/α,β-unsaturated/α-hetero) is 1. The molecule has 0 aliphatic heterocycles. The summed E-state index contributed by atoms with van der Waals surface area (Å²) in [6.45, 7) is 3.37. The number of amides is 1. The van der Waals surface area contributed by atoms with Gasteiger partial charge in [-0.25, -0.2) is 9.97 Å². The van der Waals surface area contributed by atoms with Crippen LogP contribution >= 0.6 is 11.6 Å². The topological polar surface area (TPSA) is 84.0 Å². The fourth-order valence-corrected chi connectivity index (χ4v) is 2.64. The Balaban J connectivity index is 1.74. The molecule has 0 bridgehead atoms. The lowest BCUT2D eigenvalue weighted by Crippen LogP contribution is -2.15. The van der Waals surface area contributed by atoms with E-state index >= 15 is 0 Å². The Labute approximate surface area is 161 Å². The Bertz CT molecular complexity index is 1000. The standard InChI is InChI=1S/C20H17ClN4O2/c1-12-11-15(21)5-8-17(12)24-19(27)18-9-10-22-20(25-18)23-16-6-3-14(4-7-16)13(2)26/h3-11H,1-2H3,(H,24,27)(H,22,23,25). The molecule has 0 unspecified atom stereocenters. The average molecular weight is 381 g/mol. The Kier molecular flexibility index (Phi) is 5.47.